The Bertz CT molecular complexity index is 444. The first-order chi connectivity index (χ1) is 7.07. The van der Waals surface area contributed by atoms with Crippen molar-refractivity contribution in [3.63, 3.8) is 0 Å². The lowest BCUT2D eigenvalue weighted by Crippen LogP contribution is -2.31. The highest BCUT2D eigenvalue weighted by Gasteiger charge is 2.46. The molecule has 2 bridgehead atoms. The van der Waals surface area contributed by atoms with E-state index in [1.54, 1.807) is 0 Å². The van der Waals surface area contributed by atoms with Gasteiger partial charge in [-0.1, -0.05) is 28.9 Å². The molecular formula is C13H13BrO. The Morgan fingerprint density at radius 3 is 2.87 bits per heavy atom. The molecule has 3 aliphatic rings. The van der Waals surface area contributed by atoms with Crippen molar-refractivity contribution in [3.8, 4) is 0 Å². The van der Waals surface area contributed by atoms with E-state index in [2.05, 4.69) is 28.9 Å². The summed E-state index contributed by atoms with van der Waals surface area (Å²) >= 11 is 3.44. The molecule has 2 heteroatoms. The average molecular weight is 265 g/mol. The summed E-state index contributed by atoms with van der Waals surface area (Å²) in [7, 11) is 0. The van der Waals surface area contributed by atoms with Crippen LogP contribution in [0, 0.1) is 5.41 Å². The lowest BCUT2D eigenvalue weighted by molar-refractivity contribution is 0.0802. The Morgan fingerprint density at radius 1 is 1.40 bits per heavy atom. The van der Waals surface area contributed by atoms with E-state index in [4.69, 9.17) is 0 Å². The largest absolute Gasteiger partial charge is 0.294 e. The number of carbonyl (C=O) groups excluding carboxylic acids is 1. The molecule has 0 aromatic heterocycles. The van der Waals surface area contributed by atoms with Crippen LogP contribution in [-0.4, -0.2) is 5.78 Å². The standard InChI is InChI=1S/C13H13BrO/c1-13-5-8(6-13)10-3-2-9(14)4-11(10)12(15)7-13/h2-4,8H,5-7H2,1H3. The highest BCUT2D eigenvalue weighted by molar-refractivity contribution is 9.10. The van der Waals surface area contributed by atoms with E-state index in [1.165, 1.54) is 18.4 Å². The molecule has 0 amide bonds. The van der Waals surface area contributed by atoms with E-state index in [0.717, 1.165) is 16.5 Å². The van der Waals surface area contributed by atoms with Gasteiger partial charge in [0.15, 0.2) is 5.78 Å². The van der Waals surface area contributed by atoms with Gasteiger partial charge in [0.2, 0.25) is 0 Å². The molecule has 15 heavy (non-hydrogen) atoms. The van der Waals surface area contributed by atoms with Crippen LogP contribution in [0.5, 0.6) is 0 Å². The summed E-state index contributed by atoms with van der Waals surface area (Å²) in [6.45, 7) is 2.24. The van der Waals surface area contributed by atoms with Crippen molar-refractivity contribution in [2.75, 3.05) is 0 Å². The molecule has 0 atom stereocenters. The number of rotatable bonds is 0. The highest BCUT2D eigenvalue weighted by atomic mass is 79.9. The van der Waals surface area contributed by atoms with Gasteiger partial charge in [-0.2, -0.15) is 0 Å². The summed E-state index contributed by atoms with van der Waals surface area (Å²) in [6.07, 6.45) is 3.10. The van der Waals surface area contributed by atoms with Gasteiger partial charge in [0.05, 0.1) is 0 Å². The molecule has 3 aliphatic carbocycles. The fourth-order valence-electron chi connectivity index (χ4n) is 3.10. The van der Waals surface area contributed by atoms with Crippen molar-refractivity contribution in [2.24, 2.45) is 5.41 Å². The molecule has 0 spiro atoms. The van der Waals surface area contributed by atoms with Crippen molar-refractivity contribution >= 4 is 21.7 Å². The van der Waals surface area contributed by atoms with Crippen LogP contribution in [0.2, 0.25) is 0 Å². The molecule has 0 radical (unpaired) electrons. The topological polar surface area (TPSA) is 17.1 Å². The first-order valence-electron chi connectivity index (χ1n) is 5.40. The number of halogens is 1. The van der Waals surface area contributed by atoms with Crippen LogP contribution in [0.1, 0.15) is 48.0 Å². The molecule has 1 nitrogen and oxygen atoms in total. The molecule has 0 unspecified atom stereocenters. The summed E-state index contributed by atoms with van der Waals surface area (Å²) in [5.74, 6) is 0.957. The third-order valence-corrected chi connectivity index (χ3v) is 4.31. The summed E-state index contributed by atoms with van der Waals surface area (Å²) < 4.78 is 1.01. The van der Waals surface area contributed by atoms with Gasteiger partial charge >= 0.3 is 0 Å². The minimum Gasteiger partial charge on any atom is -0.294 e. The first kappa shape index (κ1) is 9.59. The SMILES string of the molecule is CC12CC(=O)c3cc(Br)ccc3C(C1)C2. The highest BCUT2D eigenvalue weighted by Crippen LogP contribution is 2.56. The number of ketones is 1. The summed E-state index contributed by atoms with van der Waals surface area (Å²) in [6, 6.07) is 6.15. The molecule has 1 aromatic carbocycles. The van der Waals surface area contributed by atoms with Crippen LogP contribution in [0.3, 0.4) is 0 Å². The van der Waals surface area contributed by atoms with E-state index in [0.29, 0.717) is 11.7 Å². The zero-order valence-corrected chi connectivity index (χ0v) is 10.3. The minimum atomic E-state index is 0.285. The Labute approximate surface area is 98.0 Å². The quantitative estimate of drug-likeness (QED) is 0.694. The fourth-order valence-corrected chi connectivity index (χ4v) is 3.46. The zero-order chi connectivity index (χ0) is 10.6. The Balaban J connectivity index is 2.15. The molecule has 1 saturated carbocycles. The number of Topliss-reactive ketones (excluding diaryl/α,β-unsaturated/α-hetero) is 1. The molecular weight excluding hydrogens is 252 g/mol. The second-order valence-corrected chi connectivity index (χ2v) is 6.16. The first-order valence-corrected chi connectivity index (χ1v) is 6.19. The third-order valence-electron chi connectivity index (χ3n) is 3.82. The maximum absolute atomic E-state index is 12.1. The van der Waals surface area contributed by atoms with Crippen molar-refractivity contribution in [2.45, 2.75) is 32.1 Å². The lowest BCUT2D eigenvalue weighted by atomic mass is 9.61. The van der Waals surface area contributed by atoms with Gasteiger partial charge < -0.3 is 0 Å². The number of hydrogen-bond donors (Lipinski definition) is 0. The van der Waals surface area contributed by atoms with Crippen molar-refractivity contribution in [1.29, 1.82) is 0 Å². The smallest absolute Gasteiger partial charge is 0.163 e. The maximum Gasteiger partial charge on any atom is 0.163 e. The number of carbonyl (C=O) groups is 1. The van der Waals surface area contributed by atoms with Crippen LogP contribution >= 0.6 is 15.9 Å². The predicted molar refractivity (Wildman–Crippen MR) is 63.2 cm³/mol. The molecule has 4 rings (SSSR count). The average Bonchev–Trinajstić information content (AvgIpc) is 2.28. The van der Waals surface area contributed by atoms with Gasteiger partial charge in [-0.3, -0.25) is 4.79 Å². The van der Waals surface area contributed by atoms with Crippen LogP contribution in [0.25, 0.3) is 0 Å². The molecule has 0 N–H and O–H groups in total. The van der Waals surface area contributed by atoms with Gasteiger partial charge in [0.25, 0.3) is 0 Å². The van der Waals surface area contributed by atoms with Crippen LogP contribution in [0.15, 0.2) is 22.7 Å². The van der Waals surface area contributed by atoms with Gasteiger partial charge in [0.1, 0.15) is 0 Å². The summed E-state index contributed by atoms with van der Waals surface area (Å²) in [4.78, 5) is 12.1. The van der Waals surface area contributed by atoms with Gasteiger partial charge in [-0.15, -0.1) is 0 Å². The van der Waals surface area contributed by atoms with Gasteiger partial charge in [0, 0.05) is 16.5 Å². The Hall–Kier alpha value is -0.630. The maximum atomic E-state index is 12.1. The van der Waals surface area contributed by atoms with Gasteiger partial charge in [-0.25, -0.2) is 0 Å². The number of hydrogen-bond acceptors (Lipinski definition) is 1. The van der Waals surface area contributed by atoms with Crippen molar-refractivity contribution in [1.82, 2.24) is 0 Å². The van der Waals surface area contributed by atoms with Crippen LogP contribution in [0.4, 0.5) is 0 Å². The molecule has 0 heterocycles. The second kappa shape index (κ2) is 2.94. The number of fused-ring (bicyclic) bond motifs is 1. The van der Waals surface area contributed by atoms with E-state index >= 15 is 0 Å². The summed E-state index contributed by atoms with van der Waals surface area (Å²) in [5, 5.41) is 0. The molecule has 1 aromatic rings. The zero-order valence-electron chi connectivity index (χ0n) is 8.72. The van der Waals surface area contributed by atoms with Crippen molar-refractivity contribution < 1.29 is 4.79 Å². The Kier molecular flexibility index (Phi) is 1.88. The van der Waals surface area contributed by atoms with Crippen molar-refractivity contribution in [3.05, 3.63) is 33.8 Å². The van der Waals surface area contributed by atoms with E-state index in [-0.39, 0.29) is 5.41 Å². The van der Waals surface area contributed by atoms with E-state index in [1.807, 2.05) is 12.1 Å². The minimum absolute atomic E-state index is 0.285. The molecule has 0 saturated heterocycles. The van der Waals surface area contributed by atoms with Crippen LogP contribution in [-0.2, 0) is 0 Å². The number of benzene rings is 1. The van der Waals surface area contributed by atoms with Crippen LogP contribution < -0.4 is 0 Å². The third kappa shape index (κ3) is 1.38. The predicted octanol–water partition coefficient (Wildman–Crippen LogP) is 3.92. The molecule has 78 valence electrons. The van der Waals surface area contributed by atoms with E-state index < -0.39 is 0 Å². The molecule has 0 aliphatic heterocycles. The fraction of sp³-hybridized carbons (Fsp3) is 0.462. The van der Waals surface area contributed by atoms with Gasteiger partial charge in [-0.05, 0) is 41.9 Å². The van der Waals surface area contributed by atoms with E-state index in [9.17, 15) is 4.79 Å². The lowest BCUT2D eigenvalue weighted by Gasteiger charge is -2.43. The second-order valence-electron chi connectivity index (χ2n) is 5.25. The molecule has 1 fully saturated rings. The monoisotopic (exact) mass is 264 g/mol. The summed E-state index contributed by atoms with van der Waals surface area (Å²) in [5.41, 5.74) is 2.52. The normalized spacial score (nSPS) is 32.9. The Morgan fingerprint density at radius 2 is 2.13 bits per heavy atom.